The number of aromatic hydroxyl groups is 1. The number of benzene rings is 1. The molecule has 0 radical (unpaired) electrons. The molecule has 0 bridgehead atoms. The smallest absolute Gasteiger partial charge is 0.212 e. The van der Waals surface area contributed by atoms with E-state index in [-0.39, 0.29) is 5.75 Å². The van der Waals surface area contributed by atoms with Gasteiger partial charge >= 0.3 is 0 Å². The lowest BCUT2D eigenvalue weighted by molar-refractivity contribution is 0.463. The molecule has 0 atom stereocenters. The van der Waals surface area contributed by atoms with Gasteiger partial charge in [-0.15, -0.1) is 0 Å². The van der Waals surface area contributed by atoms with Crippen molar-refractivity contribution in [1.82, 2.24) is 0 Å². The van der Waals surface area contributed by atoms with Crippen LogP contribution in [-0.2, 0) is 6.42 Å². The lowest BCUT2D eigenvalue weighted by Gasteiger charge is -2.04. The van der Waals surface area contributed by atoms with E-state index in [4.69, 9.17) is 4.74 Å². The second kappa shape index (κ2) is 6.65. The molecule has 1 N–H and O–H groups in total. The van der Waals surface area contributed by atoms with Crippen molar-refractivity contribution in [3.05, 3.63) is 23.8 Å². The molecule has 0 fully saturated rings. The molecular formula is C17H24O2. The highest BCUT2D eigenvalue weighted by Gasteiger charge is 2.30. The number of ether oxygens (including phenoxy) is 1. The Morgan fingerprint density at radius 3 is 2.47 bits per heavy atom. The number of phenolic OH excluding ortho intramolecular Hbond substituents is 1. The predicted octanol–water partition coefficient (Wildman–Crippen LogP) is 5.43. The van der Waals surface area contributed by atoms with Gasteiger partial charge in [0.2, 0.25) is 5.75 Å². The van der Waals surface area contributed by atoms with Crippen molar-refractivity contribution in [1.29, 1.82) is 0 Å². The highest BCUT2D eigenvalue weighted by molar-refractivity contribution is 5.73. The van der Waals surface area contributed by atoms with Gasteiger partial charge in [0.05, 0.1) is 0 Å². The van der Waals surface area contributed by atoms with E-state index in [2.05, 4.69) is 13.5 Å². The maximum atomic E-state index is 9.63. The van der Waals surface area contributed by atoms with Crippen molar-refractivity contribution in [3.8, 4) is 17.2 Å². The summed E-state index contributed by atoms with van der Waals surface area (Å²) in [4.78, 5) is 0. The minimum absolute atomic E-state index is 0.244. The Balaban J connectivity index is 1.77. The second-order valence-electron chi connectivity index (χ2n) is 5.30. The summed E-state index contributed by atoms with van der Waals surface area (Å²) < 4.78 is 5.35. The van der Waals surface area contributed by atoms with Crippen LogP contribution in [0.25, 0.3) is 6.08 Å². The molecule has 0 unspecified atom stereocenters. The van der Waals surface area contributed by atoms with Crippen molar-refractivity contribution >= 4 is 6.08 Å². The highest BCUT2D eigenvalue weighted by Crippen LogP contribution is 2.56. The maximum Gasteiger partial charge on any atom is 0.212 e. The average molecular weight is 260 g/mol. The van der Waals surface area contributed by atoms with Crippen molar-refractivity contribution in [2.24, 2.45) is 0 Å². The fourth-order valence-corrected chi connectivity index (χ4v) is 2.57. The van der Waals surface area contributed by atoms with Crippen LogP contribution in [0, 0.1) is 0 Å². The number of unbranched alkanes of at least 4 members (excludes halogenated alkanes) is 6. The van der Waals surface area contributed by atoms with Crippen molar-refractivity contribution < 1.29 is 9.84 Å². The number of phenols is 1. The summed E-state index contributed by atoms with van der Waals surface area (Å²) in [5.74, 6) is 1.80. The van der Waals surface area contributed by atoms with Gasteiger partial charge in [0.1, 0.15) is 0 Å². The van der Waals surface area contributed by atoms with Crippen LogP contribution in [0.15, 0.2) is 12.6 Å². The van der Waals surface area contributed by atoms with Gasteiger partial charge in [0, 0.05) is 5.56 Å². The van der Waals surface area contributed by atoms with E-state index in [1.165, 1.54) is 50.5 Å². The number of rotatable bonds is 9. The van der Waals surface area contributed by atoms with Gasteiger partial charge in [-0.25, -0.2) is 0 Å². The van der Waals surface area contributed by atoms with Crippen LogP contribution >= 0.6 is 0 Å². The molecule has 104 valence electrons. The van der Waals surface area contributed by atoms with Gasteiger partial charge in [-0.3, -0.25) is 0 Å². The van der Waals surface area contributed by atoms with Crippen LogP contribution in [0.1, 0.15) is 63.0 Å². The zero-order valence-corrected chi connectivity index (χ0v) is 11.9. The lowest BCUT2D eigenvalue weighted by Crippen LogP contribution is -1.88. The van der Waals surface area contributed by atoms with E-state index in [0.29, 0.717) is 5.75 Å². The summed E-state index contributed by atoms with van der Waals surface area (Å²) in [5.41, 5.74) is 2.23. The van der Waals surface area contributed by atoms with Crippen LogP contribution in [0.5, 0.6) is 17.2 Å². The van der Waals surface area contributed by atoms with E-state index in [1.54, 1.807) is 12.1 Å². The Hall–Kier alpha value is -1.44. The normalized spacial score (nSPS) is 11.8. The molecular weight excluding hydrogens is 236 g/mol. The summed E-state index contributed by atoms with van der Waals surface area (Å²) in [5, 5.41) is 9.63. The molecule has 0 aromatic heterocycles. The SMILES string of the molecule is C=Cc1cc(O)c2c(c1CCCCCCCCC)O2. The summed E-state index contributed by atoms with van der Waals surface area (Å²) in [6.07, 6.45) is 12.0. The minimum atomic E-state index is 0.244. The third kappa shape index (κ3) is 3.52. The Kier molecular flexibility index (Phi) is 4.89. The van der Waals surface area contributed by atoms with Crippen molar-refractivity contribution in [2.45, 2.75) is 58.3 Å². The standard InChI is InChI=1S/C17H24O2/c1-3-5-6-7-8-9-10-11-14-13(4-2)12-15(18)17-16(14)19-17/h4,12,18H,2-3,5-11H2,1H3. The summed E-state index contributed by atoms with van der Waals surface area (Å²) in [6, 6.07) is 1.76. The first-order valence-corrected chi connectivity index (χ1v) is 7.47. The van der Waals surface area contributed by atoms with Crippen LogP contribution in [0.4, 0.5) is 0 Å². The molecule has 0 amide bonds. The van der Waals surface area contributed by atoms with E-state index in [1.807, 2.05) is 0 Å². The van der Waals surface area contributed by atoms with Gasteiger partial charge in [0.25, 0.3) is 0 Å². The van der Waals surface area contributed by atoms with E-state index in [9.17, 15) is 5.11 Å². The Morgan fingerprint density at radius 1 is 1.11 bits per heavy atom. The first kappa shape index (κ1) is 14.0. The molecule has 0 saturated carbocycles. The van der Waals surface area contributed by atoms with Gasteiger partial charge in [-0.1, -0.05) is 58.1 Å². The third-order valence-corrected chi connectivity index (χ3v) is 3.77. The maximum absolute atomic E-state index is 9.63. The Labute approximate surface area is 116 Å². The quantitative estimate of drug-likeness (QED) is 0.481. The fourth-order valence-electron chi connectivity index (χ4n) is 2.57. The van der Waals surface area contributed by atoms with Crippen LogP contribution in [0.3, 0.4) is 0 Å². The number of fused-ring (bicyclic) bond motifs is 1. The highest BCUT2D eigenvalue weighted by atomic mass is 16.6. The van der Waals surface area contributed by atoms with Crippen LogP contribution < -0.4 is 4.74 Å². The lowest BCUT2D eigenvalue weighted by atomic mass is 10.00. The molecule has 2 heteroatoms. The molecule has 1 heterocycles. The van der Waals surface area contributed by atoms with Crippen molar-refractivity contribution in [2.75, 3.05) is 0 Å². The molecule has 2 nitrogen and oxygen atoms in total. The van der Waals surface area contributed by atoms with E-state index < -0.39 is 0 Å². The first-order chi connectivity index (χ1) is 9.27. The molecule has 1 aliphatic heterocycles. The fraction of sp³-hybridized carbons (Fsp3) is 0.529. The molecule has 19 heavy (non-hydrogen) atoms. The molecule has 0 saturated heterocycles. The minimum Gasteiger partial charge on any atom is -0.504 e. The van der Waals surface area contributed by atoms with Crippen molar-refractivity contribution in [3.63, 3.8) is 0 Å². The Bertz CT molecular complexity index is 449. The van der Waals surface area contributed by atoms with Gasteiger partial charge in [-0.2, -0.15) is 0 Å². The second-order valence-corrected chi connectivity index (χ2v) is 5.30. The summed E-state index contributed by atoms with van der Waals surface area (Å²) in [6.45, 7) is 6.05. The van der Waals surface area contributed by atoms with Crippen LogP contribution in [0.2, 0.25) is 0 Å². The topological polar surface area (TPSA) is 32.8 Å². The monoisotopic (exact) mass is 260 g/mol. The number of hydrogen-bond acceptors (Lipinski definition) is 2. The molecule has 2 rings (SSSR count). The molecule has 0 aliphatic carbocycles. The molecule has 1 aromatic carbocycles. The predicted molar refractivity (Wildman–Crippen MR) is 80.0 cm³/mol. The average Bonchev–Trinajstić information content (AvgIpc) is 3.20. The van der Waals surface area contributed by atoms with Crippen LogP contribution in [-0.4, -0.2) is 5.11 Å². The molecule has 1 aliphatic rings. The summed E-state index contributed by atoms with van der Waals surface area (Å²) in [7, 11) is 0. The summed E-state index contributed by atoms with van der Waals surface area (Å²) >= 11 is 0. The van der Waals surface area contributed by atoms with E-state index in [0.717, 1.165) is 17.7 Å². The van der Waals surface area contributed by atoms with Gasteiger partial charge in [-0.05, 0) is 24.5 Å². The largest absolute Gasteiger partial charge is 0.504 e. The zero-order chi connectivity index (χ0) is 13.7. The molecule has 0 spiro atoms. The first-order valence-electron chi connectivity index (χ1n) is 7.47. The van der Waals surface area contributed by atoms with Gasteiger partial charge < -0.3 is 9.84 Å². The van der Waals surface area contributed by atoms with Gasteiger partial charge in [0.15, 0.2) is 11.5 Å². The number of hydrogen-bond donors (Lipinski definition) is 1. The van der Waals surface area contributed by atoms with E-state index >= 15 is 0 Å². The Morgan fingerprint density at radius 2 is 1.79 bits per heavy atom. The third-order valence-electron chi connectivity index (χ3n) is 3.77. The zero-order valence-electron chi connectivity index (χ0n) is 11.9. The molecule has 1 aromatic rings.